The van der Waals surface area contributed by atoms with Gasteiger partial charge in [-0.25, -0.2) is 13.7 Å². The average molecular weight is 434 g/mol. The summed E-state index contributed by atoms with van der Waals surface area (Å²) in [5, 5.41) is 3.04. The van der Waals surface area contributed by atoms with Crippen LogP contribution in [0.4, 0.5) is 20.2 Å². The molecule has 0 bridgehead atoms. The Labute approximate surface area is 183 Å². The predicted octanol–water partition coefficient (Wildman–Crippen LogP) is 5.07. The molecule has 1 aliphatic rings. The molecule has 5 nitrogen and oxygen atoms in total. The van der Waals surface area contributed by atoms with Crippen LogP contribution in [0.25, 0.3) is 5.57 Å². The Balaban J connectivity index is 1.80. The van der Waals surface area contributed by atoms with Gasteiger partial charge in [-0.05, 0) is 61.4 Å². The Kier molecular flexibility index (Phi) is 5.73. The lowest BCUT2D eigenvalue weighted by Crippen LogP contribution is -2.32. The number of aryl methyl sites for hydroxylation is 1. The molecule has 32 heavy (non-hydrogen) atoms. The van der Waals surface area contributed by atoms with Crippen LogP contribution in [0.1, 0.15) is 18.1 Å². The highest BCUT2D eigenvalue weighted by molar-refractivity contribution is 6.46. The summed E-state index contributed by atoms with van der Waals surface area (Å²) in [6.45, 7) is 4.25. The fourth-order valence-corrected chi connectivity index (χ4v) is 3.52. The first-order valence-electron chi connectivity index (χ1n) is 10.0. The van der Waals surface area contributed by atoms with Crippen LogP contribution in [0.5, 0.6) is 5.75 Å². The number of benzene rings is 3. The molecule has 0 fully saturated rings. The Hall–Kier alpha value is -4.00. The molecule has 0 unspecified atom stereocenters. The minimum absolute atomic E-state index is 0.0505. The molecular weight excluding hydrogens is 414 g/mol. The highest BCUT2D eigenvalue weighted by Crippen LogP contribution is 2.35. The van der Waals surface area contributed by atoms with Gasteiger partial charge in [-0.1, -0.05) is 24.3 Å². The third kappa shape index (κ3) is 3.97. The summed E-state index contributed by atoms with van der Waals surface area (Å²) in [5.41, 5.74) is 2.21. The van der Waals surface area contributed by atoms with Crippen LogP contribution in [-0.4, -0.2) is 18.4 Å². The van der Waals surface area contributed by atoms with Crippen LogP contribution in [-0.2, 0) is 9.59 Å². The van der Waals surface area contributed by atoms with Crippen LogP contribution in [0.15, 0.2) is 72.4 Å². The molecule has 0 saturated carbocycles. The van der Waals surface area contributed by atoms with Gasteiger partial charge >= 0.3 is 0 Å². The van der Waals surface area contributed by atoms with Crippen molar-refractivity contribution in [2.75, 3.05) is 16.8 Å². The molecule has 3 aromatic carbocycles. The monoisotopic (exact) mass is 434 g/mol. The summed E-state index contributed by atoms with van der Waals surface area (Å²) in [6.07, 6.45) is 0. The van der Waals surface area contributed by atoms with Crippen molar-refractivity contribution in [1.82, 2.24) is 0 Å². The van der Waals surface area contributed by atoms with E-state index in [2.05, 4.69) is 5.32 Å². The van der Waals surface area contributed by atoms with E-state index in [4.69, 9.17) is 4.74 Å². The van der Waals surface area contributed by atoms with Gasteiger partial charge in [0.15, 0.2) is 11.6 Å². The second-order valence-corrected chi connectivity index (χ2v) is 7.25. The molecule has 1 N–H and O–H groups in total. The van der Waals surface area contributed by atoms with Crippen LogP contribution in [0.3, 0.4) is 0 Å². The summed E-state index contributed by atoms with van der Waals surface area (Å²) in [4.78, 5) is 27.5. The number of nitrogens with one attached hydrogen (secondary N) is 1. The molecule has 162 valence electrons. The van der Waals surface area contributed by atoms with Gasteiger partial charge in [0.1, 0.15) is 11.4 Å². The lowest BCUT2D eigenvalue weighted by Gasteiger charge is -2.15. The van der Waals surface area contributed by atoms with E-state index in [-0.39, 0.29) is 17.0 Å². The lowest BCUT2D eigenvalue weighted by molar-refractivity contribution is -0.120. The van der Waals surface area contributed by atoms with Crippen molar-refractivity contribution < 1.29 is 23.1 Å². The van der Waals surface area contributed by atoms with Gasteiger partial charge in [0.2, 0.25) is 0 Å². The highest BCUT2D eigenvalue weighted by Gasteiger charge is 2.40. The molecule has 7 heteroatoms. The summed E-state index contributed by atoms with van der Waals surface area (Å²) in [5.74, 6) is -2.89. The molecule has 0 saturated heterocycles. The fraction of sp³-hybridized carbons (Fsp3) is 0.120. The number of carbonyl (C=O) groups is 2. The van der Waals surface area contributed by atoms with E-state index >= 15 is 0 Å². The fourth-order valence-electron chi connectivity index (χ4n) is 3.52. The molecule has 0 spiro atoms. The number of carbonyl (C=O) groups excluding carboxylic acids is 2. The number of anilines is 2. The van der Waals surface area contributed by atoms with E-state index in [1.807, 2.05) is 32.0 Å². The van der Waals surface area contributed by atoms with E-state index in [9.17, 15) is 18.4 Å². The van der Waals surface area contributed by atoms with Crippen molar-refractivity contribution in [3.63, 3.8) is 0 Å². The molecular formula is C25H20F2N2O3. The van der Waals surface area contributed by atoms with Crippen LogP contribution in [0.2, 0.25) is 0 Å². The van der Waals surface area contributed by atoms with Gasteiger partial charge in [0, 0.05) is 11.8 Å². The Morgan fingerprint density at radius 3 is 2.31 bits per heavy atom. The Bertz CT molecular complexity index is 1240. The van der Waals surface area contributed by atoms with Crippen LogP contribution < -0.4 is 15.0 Å². The van der Waals surface area contributed by atoms with Crippen LogP contribution >= 0.6 is 0 Å². The topological polar surface area (TPSA) is 58.6 Å². The van der Waals surface area contributed by atoms with Crippen molar-refractivity contribution in [2.45, 2.75) is 13.8 Å². The number of imide groups is 1. The van der Waals surface area contributed by atoms with Gasteiger partial charge in [-0.3, -0.25) is 9.59 Å². The van der Waals surface area contributed by atoms with Gasteiger partial charge in [-0.2, -0.15) is 0 Å². The second-order valence-electron chi connectivity index (χ2n) is 7.25. The zero-order valence-corrected chi connectivity index (χ0v) is 17.5. The number of hydrogen-bond donors (Lipinski definition) is 1. The molecule has 1 aliphatic heterocycles. The number of rotatable bonds is 6. The quantitative estimate of drug-likeness (QED) is 0.551. The highest BCUT2D eigenvalue weighted by atomic mass is 19.2. The lowest BCUT2D eigenvalue weighted by atomic mass is 10.0. The first kappa shape index (κ1) is 21.2. The number of ether oxygens (including phenoxy) is 1. The summed E-state index contributed by atoms with van der Waals surface area (Å²) < 4.78 is 32.7. The predicted molar refractivity (Wildman–Crippen MR) is 118 cm³/mol. The van der Waals surface area contributed by atoms with E-state index in [0.717, 1.165) is 22.6 Å². The maximum absolute atomic E-state index is 13.8. The molecule has 1 heterocycles. The number of hydrogen-bond acceptors (Lipinski definition) is 4. The zero-order valence-electron chi connectivity index (χ0n) is 17.5. The molecule has 3 aromatic rings. The van der Waals surface area contributed by atoms with E-state index in [1.54, 1.807) is 30.3 Å². The molecule has 0 aromatic heterocycles. The number of halogens is 2. The van der Waals surface area contributed by atoms with Gasteiger partial charge in [-0.15, -0.1) is 0 Å². The minimum Gasteiger partial charge on any atom is -0.494 e. The molecule has 0 radical (unpaired) electrons. The minimum atomic E-state index is -1.15. The smallest absolute Gasteiger partial charge is 0.282 e. The average Bonchev–Trinajstić information content (AvgIpc) is 3.01. The first-order chi connectivity index (χ1) is 15.4. The van der Waals surface area contributed by atoms with Gasteiger partial charge < -0.3 is 10.1 Å². The van der Waals surface area contributed by atoms with Gasteiger partial charge in [0.25, 0.3) is 11.8 Å². The number of nitrogens with zero attached hydrogens (tertiary/aromatic N) is 1. The van der Waals surface area contributed by atoms with Crippen molar-refractivity contribution >= 4 is 28.8 Å². The molecule has 2 amide bonds. The molecule has 0 atom stereocenters. The Morgan fingerprint density at radius 2 is 1.66 bits per heavy atom. The van der Waals surface area contributed by atoms with Crippen molar-refractivity contribution in [1.29, 1.82) is 0 Å². The first-order valence-corrected chi connectivity index (χ1v) is 10.0. The summed E-state index contributed by atoms with van der Waals surface area (Å²) >= 11 is 0. The van der Waals surface area contributed by atoms with Crippen molar-refractivity contribution in [3.05, 3.63) is 95.2 Å². The van der Waals surface area contributed by atoms with Crippen molar-refractivity contribution in [3.8, 4) is 5.75 Å². The van der Waals surface area contributed by atoms with Crippen molar-refractivity contribution in [2.24, 2.45) is 0 Å². The summed E-state index contributed by atoms with van der Waals surface area (Å²) in [6, 6.07) is 17.0. The van der Waals surface area contributed by atoms with Crippen LogP contribution in [0, 0.1) is 18.6 Å². The van der Waals surface area contributed by atoms with Gasteiger partial charge in [0.05, 0.1) is 17.9 Å². The third-order valence-electron chi connectivity index (χ3n) is 4.99. The maximum atomic E-state index is 13.8. The summed E-state index contributed by atoms with van der Waals surface area (Å²) in [7, 11) is 0. The maximum Gasteiger partial charge on any atom is 0.282 e. The number of amides is 2. The van der Waals surface area contributed by atoms with E-state index in [1.165, 1.54) is 6.07 Å². The third-order valence-corrected chi connectivity index (χ3v) is 4.99. The second kappa shape index (κ2) is 8.63. The normalized spacial score (nSPS) is 13.7. The Morgan fingerprint density at radius 1 is 0.906 bits per heavy atom. The van der Waals surface area contributed by atoms with E-state index < -0.39 is 23.4 Å². The largest absolute Gasteiger partial charge is 0.494 e. The molecule has 0 aliphatic carbocycles. The standard InChI is InChI=1S/C25H20F2N2O3/c1-3-32-19-10-7-16(8-11-19)22-23(28-17-6-4-5-15(2)13-17)25(31)29(24(22)30)18-9-12-20(26)21(27)14-18/h4-14,28H,3H2,1-2H3. The zero-order chi connectivity index (χ0) is 22.8. The SMILES string of the molecule is CCOc1ccc(C2=C(Nc3cccc(C)c3)C(=O)N(c3ccc(F)c(F)c3)C2=O)cc1. The molecule has 4 rings (SSSR count). The van der Waals surface area contributed by atoms with E-state index in [0.29, 0.717) is 23.6 Å².